The lowest BCUT2D eigenvalue weighted by Gasteiger charge is -2.22. The summed E-state index contributed by atoms with van der Waals surface area (Å²) in [6.07, 6.45) is 4.83. The largest absolute Gasteiger partial charge is 0.396 e. The van der Waals surface area contributed by atoms with Crippen LogP contribution in [0.25, 0.3) is 0 Å². The van der Waals surface area contributed by atoms with Crippen molar-refractivity contribution in [1.82, 2.24) is 10.6 Å². The van der Waals surface area contributed by atoms with Crippen molar-refractivity contribution in [3.05, 3.63) is 0 Å². The fourth-order valence-corrected chi connectivity index (χ4v) is 2.20. The lowest BCUT2D eigenvalue weighted by atomic mass is 9.93. The molecule has 0 aromatic heterocycles. The van der Waals surface area contributed by atoms with E-state index < -0.39 is 0 Å². The maximum atomic E-state index is 11.6. The van der Waals surface area contributed by atoms with E-state index in [0.717, 1.165) is 31.8 Å². The van der Waals surface area contributed by atoms with E-state index in [1.54, 1.807) is 0 Å². The minimum absolute atomic E-state index is 0.160. The smallest absolute Gasteiger partial charge is 0.220 e. The molecule has 4 nitrogen and oxygen atoms in total. The highest BCUT2D eigenvalue weighted by Gasteiger charge is 2.14. The zero-order valence-electron chi connectivity index (χ0n) is 10.9. The number of carbonyl (C=O) groups is 1. The number of nitrogens with one attached hydrogen (secondary N) is 2. The maximum Gasteiger partial charge on any atom is 0.220 e. The van der Waals surface area contributed by atoms with Crippen LogP contribution in [-0.4, -0.2) is 37.3 Å². The molecule has 1 amide bonds. The molecule has 1 aliphatic rings. The summed E-state index contributed by atoms with van der Waals surface area (Å²) in [5.41, 5.74) is 0. The highest BCUT2D eigenvalue weighted by atomic mass is 16.3. The predicted octanol–water partition coefficient (Wildman–Crippen LogP) is 0.901. The van der Waals surface area contributed by atoms with Gasteiger partial charge in [0.15, 0.2) is 0 Å². The van der Waals surface area contributed by atoms with Gasteiger partial charge in [-0.1, -0.05) is 6.92 Å². The van der Waals surface area contributed by atoms with Gasteiger partial charge in [0.25, 0.3) is 0 Å². The summed E-state index contributed by atoms with van der Waals surface area (Å²) in [4.78, 5) is 11.6. The van der Waals surface area contributed by atoms with Gasteiger partial charge in [-0.05, 0) is 50.6 Å². The van der Waals surface area contributed by atoms with Crippen LogP contribution in [0.2, 0.25) is 0 Å². The number of piperidine rings is 1. The maximum absolute atomic E-state index is 11.6. The molecule has 0 aromatic rings. The van der Waals surface area contributed by atoms with E-state index in [9.17, 15) is 4.79 Å². The summed E-state index contributed by atoms with van der Waals surface area (Å²) in [6.45, 7) is 5.13. The van der Waals surface area contributed by atoms with Crippen LogP contribution in [0.5, 0.6) is 0 Å². The third kappa shape index (κ3) is 6.64. The topological polar surface area (TPSA) is 61.4 Å². The first-order chi connectivity index (χ1) is 8.22. The first-order valence-corrected chi connectivity index (χ1v) is 6.80. The molecule has 0 radical (unpaired) electrons. The van der Waals surface area contributed by atoms with Crippen LogP contribution in [0.1, 0.15) is 39.0 Å². The molecular weight excluding hydrogens is 216 g/mol. The summed E-state index contributed by atoms with van der Waals surface area (Å²) < 4.78 is 0. The van der Waals surface area contributed by atoms with Crippen molar-refractivity contribution < 1.29 is 9.90 Å². The van der Waals surface area contributed by atoms with Crippen LogP contribution in [0.15, 0.2) is 0 Å². The first kappa shape index (κ1) is 14.5. The number of hydrogen-bond donors (Lipinski definition) is 3. The van der Waals surface area contributed by atoms with Crippen LogP contribution in [0, 0.1) is 11.8 Å². The predicted molar refractivity (Wildman–Crippen MR) is 68.7 cm³/mol. The summed E-state index contributed by atoms with van der Waals surface area (Å²) in [6, 6.07) is 0. The Kier molecular flexibility index (Phi) is 7.21. The minimum atomic E-state index is 0.160. The van der Waals surface area contributed by atoms with E-state index in [1.165, 1.54) is 12.8 Å². The second-order valence-electron chi connectivity index (χ2n) is 5.15. The fraction of sp³-hybridized carbons (Fsp3) is 0.923. The van der Waals surface area contributed by atoms with Crippen molar-refractivity contribution in [2.24, 2.45) is 11.8 Å². The molecule has 1 atom stereocenters. The number of carbonyl (C=O) groups excluding carboxylic acids is 1. The molecule has 17 heavy (non-hydrogen) atoms. The van der Waals surface area contributed by atoms with Gasteiger partial charge in [0, 0.05) is 19.6 Å². The van der Waals surface area contributed by atoms with E-state index in [2.05, 4.69) is 10.6 Å². The van der Waals surface area contributed by atoms with E-state index in [0.29, 0.717) is 18.9 Å². The van der Waals surface area contributed by atoms with Gasteiger partial charge in [0.2, 0.25) is 5.91 Å². The second-order valence-corrected chi connectivity index (χ2v) is 5.15. The van der Waals surface area contributed by atoms with E-state index in [-0.39, 0.29) is 12.5 Å². The monoisotopic (exact) mass is 242 g/mol. The number of aliphatic hydroxyl groups excluding tert-OH is 1. The number of amides is 1. The van der Waals surface area contributed by atoms with Crippen LogP contribution in [-0.2, 0) is 4.79 Å². The van der Waals surface area contributed by atoms with Gasteiger partial charge in [0.1, 0.15) is 0 Å². The average Bonchev–Trinajstić information content (AvgIpc) is 2.35. The molecule has 3 N–H and O–H groups in total. The summed E-state index contributed by atoms with van der Waals surface area (Å²) in [5, 5.41) is 15.0. The van der Waals surface area contributed by atoms with Gasteiger partial charge < -0.3 is 15.7 Å². The number of rotatable bonds is 7. The number of aliphatic hydroxyl groups is 1. The zero-order valence-corrected chi connectivity index (χ0v) is 10.9. The Hall–Kier alpha value is -0.610. The Morgan fingerprint density at radius 1 is 1.47 bits per heavy atom. The van der Waals surface area contributed by atoms with Gasteiger partial charge in [-0.25, -0.2) is 0 Å². The average molecular weight is 242 g/mol. The first-order valence-electron chi connectivity index (χ1n) is 6.80. The van der Waals surface area contributed by atoms with E-state index >= 15 is 0 Å². The van der Waals surface area contributed by atoms with E-state index in [1.807, 2.05) is 6.92 Å². The quantitative estimate of drug-likeness (QED) is 0.621. The SMILES string of the molecule is CC(CCO)CNC(=O)CCC1CCNCC1. The molecule has 1 unspecified atom stereocenters. The van der Waals surface area contributed by atoms with Gasteiger partial charge in [0.05, 0.1) is 0 Å². The van der Waals surface area contributed by atoms with Crippen LogP contribution in [0.3, 0.4) is 0 Å². The third-order valence-electron chi connectivity index (χ3n) is 3.51. The lowest BCUT2D eigenvalue weighted by Crippen LogP contribution is -2.31. The third-order valence-corrected chi connectivity index (χ3v) is 3.51. The Labute approximate surface area is 104 Å². The highest BCUT2D eigenvalue weighted by Crippen LogP contribution is 2.17. The molecule has 0 aliphatic carbocycles. The van der Waals surface area contributed by atoms with Crippen molar-refractivity contribution in [3.63, 3.8) is 0 Å². The van der Waals surface area contributed by atoms with Crippen molar-refractivity contribution in [2.75, 3.05) is 26.2 Å². The lowest BCUT2D eigenvalue weighted by molar-refractivity contribution is -0.121. The Balaban J connectivity index is 2.04. The summed E-state index contributed by atoms with van der Waals surface area (Å²) in [5.74, 6) is 1.24. The molecular formula is C13H26N2O2. The molecule has 0 bridgehead atoms. The van der Waals surface area contributed by atoms with Crippen molar-refractivity contribution in [2.45, 2.75) is 39.0 Å². The van der Waals surface area contributed by atoms with E-state index in [4.69, 9.17) is 5.11 Å². The zero-order chi connectivity index (χ0) is 12.5. The summed E-state index contributed by atoms with van der Waals surface area (Å²) in [7, 11) is 0. The normalized spacial score (nSPS) is 18.9. The van der Waals surface area contributed by atoms with Crippen molar-refractivity contribution in [3.8, 4) is 0 Å². The highest BCUT2D eigenvalue weighted by molar-refractivity contribution is 5.75. The molecule has 100 valence electrons. The Morgan fingerprint density at radius 3 is 2.82 bits per heavy atom. The number of hydrogen-bond acceptors (Lipinski definition) is 3. The Bertz CT molecular complexity index is 215. The van der Waals surface area contributed by atoms with Crippen molar-refractivity contribution >= 4 is 5.91 Å². The molecule has 0 aromatic carbocycles. The molecule has 1 rings (SSSR count). The molecule has 1 fully saturated rings. The molecule has 1 aliphatic heterocycles. The molecule has 1 heterocycles. The minimum Gasteiger partial charge on any atom is -0.396 e. The standard InChI is InChI=1S/C13H26N2O2/c1-11(6-9-16)10-15-13(17)3-2-12-4-7-14-8-5-12/h11-12,14,16H,2-10H2,1H3,(H,15,17). The summed E-state index contributed by atoms with van der Waals surface area (Å²) >= 11 is 0. The fourth-order valence-electron chi connectivity index (χ4n) is 2.20. The van der Waals surface area contributed by atoms with Crippen LogP contribution in [0.4, 0.5) is 0 Å². The van der Waals surface area contributed by atoms with Gasteiger partial charge >= 0.3 is 0 Å². The van der Waals surface area contributed by atoms with Gasteiger partial charge in [-0.2, -0.15) is 0 Å². The van der Waals surface area contributed by atoms with Gasteiger partial charge in [-0.15, -0.1) is 0 Å². The molecule has 0 saturated carbocycles. The van der Waals surface area contributed by atoms with Crippen LogP contribution >= 0.6 is 0 Å². The Morgan fingerprint density at radius 2 is 2.18 bits per heavy atom. The van der Waals surface area contributed by atoms with Gasteiger partial charge in [-0.3, -0.25) is 4.79 Å². The molecule has 4 heteroatoms. The molecule has 0 spiro atoms. The van der Waals surface area contributed by atoms with Crippen LogP contribution < -0.4 is 10.6 Å². The second kappa shape index (κ2) is 8.48. The molecule has 1 saturated heterocycles. The van der Waals surface area contributed by atoms with Crippen molar-refractivity contribution in [1.29, 1.82) is 0 Å².